The lowest BCUT2D eigenvalue weighted by Gasteiger charge is -2.31. The van der Waals surface area contributed by atoms with Gasteiger partial charge in [-0.1, -0.05) is 75.1 Å². The first kappa shape index (κ1) is 17.4. The van der Waals surface area contributed by atoms with Gasteiger partial charge in [0.15, 0.2) is 0 Å². The number of thiocarbonyl (C=S) groups is 1. The number of hydrogen-bond donors (Lipinski definition) is 0. The summed E-state index contributed by atoms with van der Waals surface area (Å²) in [7, 11) is 1.65. The summed E-state index contributed by atoms with van der Waals surface area (Å²) in [5.41, 5.74) is 1.02. The first-order valence-corrected chi connectivity index (χ1v) is 8.94. The van der Waals surface area contributed by atoms with Gasteiger partial charge >= 0.3 is 0 Å². The molecule has 0 radical (unpaired) electrons. The lowest BCUT2D eigenvalue weighted by Crippen LogP contribution is -2.45. The number of ether oxygens (including phenoxy) is 1. The molecule has 5 heteroatoms. The zero-order chi connectivity index (χ0) is 16.3. The Morgan fingerprint density at radius 1 is 1.32 bits per heavy atom. The van der Waals surface area contributed by atoms with Crippen LogP contribution in [0.1, 0.15) is 32.4 Å². The highest BCUT2D eigenvalue weighted by Crippen LogP contribution is 2.34. The van der Waals surface area contributed by atoms with Crippen molar-refractivity contribution in [2.45, 2.75) is 32.9 Å². The molecule has 0 aromatic heterocycles. The fourth-order valence-electron chi connectivity index (χ4n) is 2.80. The summed E-state index contributed by atoms with van der Waals surface area (Å²) < 4.78 is 6.31. The summed E-state index contributed by atoms with van der Waals surface area (Å²) in [5, 5.41) is 0. The third-order valence-corrected chi connectivity index (χ3v) is 5.64. The van der Waals surface area contributed by atoms with Crippen LogP contribution in [0.3, 0.4) is 0 Å². The van der Waals surface area contributed by atoms with E-state index in [9.17, 15) is 4.79 Å². The molecule has 120 valence electrons. The van der Waals surface area contributed by atoms with Crippen LogP contribution >= 0.6 is 24.0 Å². The van der Waals surface area contributed by atoms with Gasteiger partial charge in [0.2, 0.25) is 5.91 Å². The van der Waals surface area contributed by atoms with Crippen molar-refractivity contribution < 1.29 is 9.53 Å². The van der Waals surface area contributed by atoms with Crippen LogP contribution in [0.2, 0.25) is 0 Å². The Kier molecular flexibility index (Phi) is 6.01. The molecule has 3 nitrogen and oxygen atoms in total. The maximum atomic E-state index is 13.0. The van der Waals surface area contributed by atoms with Crippen molar-refractivity contribution in [3.05, 3.63) is 35.9 Å². The van der Waals surface area contributed by atoms with E-state index in [4.69, 9.17) is 17.0 Å². The number of benzene rings is 1. The third-order valence-electron chi connectivity index (χ3n) is 4.14. The van der Waals surface area contributed by atoms with Crippen molar-refractivity contribution >= 4 is 34.2 Å². The van der Waals surface area contributed by atoms with Crippen LogP contribution in [0.4, 0.5) is 0 Å². The minimum absolute atomic E-state index is 0.0596. The topological polar surface area (TPSA) is 29.5 Å². The third kappa shape index (κ3) is 3.53. The Morgan fingerprint density at radius 2 is 1.95 bits per heavy atom. The fraction of sp³-hybridized carbons (Fsp3) is 0.529. The highest BCUT2D eigenvalue weighted by molar-refractivity contribution is 8.23. The predicted molar refractivity (Wildman–Crippen MR) is 95.9 cm³/mol. The van der Waals surface area contributed by atoms with E-state index in [-0.39, 0.29) is 24.0 Å². The van der Waals surface area contributed by atoms with Crippen LogP contribution in [0.5, 0.6) is 0 Å². The Labute approximate surface area is 142 Å². The molecule has 0 saturated carbocycles. The lowest BCUT2D eigenvalue weighted by atomic mass is 9.94. The van der Waals surface area contributed by atoms with Gasteiger partial charge in [-0.25, -0.2) is 0 Å². The molecule has 22 heavy (non-hydrogen) atoms. The van der Waals surface area contributed by atoms with Crippen LogP contribution < -0.4 is 0 Å². The summed E-state index contributed by atoms with van der Waals surface area (Å²) in [4.78, 5) is 14.8. The van der Waals surface area contributed by atoms with Gasteiger partial charge in [0, 0.05) is 18.9 Å². The Morgan fingerprint density at radius 3 is 2.50 bits per heavy atom. The van der Waals surface area contributed by atoms with E-state index in [1.54, 1.807) is 18.9 Å². The molecular weight excluding hydrogens is 314 g/mol. The highest BCUT2D eigenvalue weighted by atomic mass is 32.2. The Balaban J connectivity index is 2.21. The Bertz CT molecular complexity index is 533. The number of carbonyl (C=O) groups excluding carboxylic acids is 1. The van der Waals surface area contributed by atoms with Crippen molar-refractivity contribution in [2.24, 2.45) is 11.8 Å². The van der Waals surface area contributed by atoms with Gasteiger partial charge in [-0.2, -0.15) is 0 Å². The van der Waals surface area contributed by atoms with E-state index < -0.39 is 0 Å². The maximum Gasteiger partial charge on any atom is 0.234 e. The smallest absolute Gasteiger partial charge is 0.234 e. The molecular formula is C17H23NO2S2. The normalized spacial score (nSPS) is 21.2. The molecule has 0 bridgehead atoms. The van der Waals surface area contributed by atoms with Crippen molar-refractivity contribution in [1.29, 1.82) is 0 Å². The van der Waals surface area contributed by atoms with Gasteiger partial charge in [-0.15, -0.1) is 0 Å². The van der Waals surface area contributed by atoms with E-state index in [1.165, 1.54) is 0 Å². The summed E-state index contributed by atoms with van der Waals surface area (Å²) >= 11 is 7.00. The largest absolute Gasteiger partial charge is 0.376 e. The van der Waals surface area contributed by atoms with Gasteiger partial charge in [0.05, 0.1) is 12.0 Å². The standard InChI is InChI=1S/C17H23NO2S2/c1-11(2)14-10-22-17(21)18(14)16(19)12(3)15(20-4)13-8-6-5-7-9-13/h5-9,11-12,14-15H,10H2,1-4H3/t12-,14-,15-/m1/s1. The van der Waals surface area contributed by atoms with Crippen LogP contribution in [-0.2, 0) is 9.53 Å². The van der Waals surface area contributed by atoms with Crippen molar-refractivity contribution in [3.8, 4) is 0 Å². The molecule has 1 aliphatic heterocycles. The van der Waals surface area contributed by atoms with Crippen LogP contribution in [0.15, 0.2) is 30.3 Å². The second kappa shape index (κ2) is 7.57. The summed E-state index contributed by atoms with van der Waals surface area (Å²) in [6, 6.07) is 10.1. The second-order valence-corrected chi connectivity index (χ2v) is 7.61. The minimum Gasteiger partial charge on any atom is -0.376 e. The minimum atomic E-state index is -0.273. The zero-order valence-electron chi connectivity index (χ0n) is 13.5. The molecule has 3 atom stereocenters. The molecule has 1 aliphatic rings. The number of amides is 1. The second-order valence-electron chi connectivity index (χ2n) is 5.95. The van der Waals surface area contributed by atoms with E-state index in [0.29, 0.717) is 10.2 Å². The van der Waals surface area contributed by atoms with Crippen LogP contribution in [0, 0.1) is 11.8 Å². The predicted octanol–water partition coefficient (Wildman–Crippen LogP) is 3.90. The zero-order valence-corrected chi connectivity index (χ0v) is 15.1. The van der Waals surface area contributed by atoms with Crippen LogP contribution in [-0.4, -0.2) is 34.0 Å². The van der Waals surface area contributed by atoms with Gasteiger partial charge < -0.3 is 4.74 Å². The van der Waals surface area contributed by atoms with Gasteiger partial charge in [0.25, 0.3) is 0 Å². The molecule has 0 N–H and O–H groups in total. The number of thioether (sulfide) groups is 1. The van der Waals surface area contributed by atoms with Crippen molar-refractivity contribution in [3.63, 3.8) is 0 Å². The number of methoxy groups -OCH3 is 1. The number of hydrogen-bond acceptors (Lipinski definition) is 4. The summed E-state index contributed by atoms with van der Waals surface area (Å²) in [6.45, 7) is 6.19. The Hall–Kier alpha value is -0.910. The molecule has 1 aromatic rings. The number of carbonyl (C=O) groups is 1. The fourth-order valence-corrected chi connectivity index (χ4v) is 4.44. The van der Waals surface area contributed by atoms with E-state index >= 15 is 0 Å². The van der Waals surface area contributed by atoms with E-state index in [1.807, 2.05) is 42.2 Å². The average Bonchev–Trinajstić information content (AvgIpc) is 2.90. The molecule has 0 spiro atoms. The monoisotopic (exact) mass is 337 g/mol. The molecule has 1 fully saturated rings. The molecule has 1 amide bonds. The molecule has 2 rings (SSSR count). The average molecular weight is 338 g/mol. The molecule has 1 saturated heterocycles. The van der Waals surface area contributed by atoms with Crippen molar-refractivity contribution in [1.82, 2.24) is 4.90 Å². The van der Waals surface area contributed by atoms with Gasteiger partial charge in [0.1, 0.15) is 4.32 Å². The quantitative estimate of drug-likeness (QED) is 0.762. The van der Waals surface area contributed by atoms with E-state index in [2.05, 4.69) is 13.8 Å². The first-order chi connectivity index (χ1) is 10.5. The SMILES string of the molecule is CO[C@@H](c1ccccc1)[C@@H](C)C(=O)N1C(=S)SC[C@@H]1C(C)C. The molecule has 0 unspecified atom stereocenters. The summed E-state index contributed by atoms with van der Waals surface area (Å²) in [5.74, 6) is 1.06. The maximum absolute atomic E-state index is 13.0. The van der Waals surface area contributed by atoms with Gasteiger partial charge in [-0.05, 0) is 11.5 Å². The summed E-state index contributed by atoms with van der Waals surface area (Å²) in [6.07, 6.45) is -0.255. The molecule has 0 aliphatic carbocycles. The first-order valence-electron chi connectivity index (χ1n) is 7.55. The van der Waals surface area contributed by atoms with Gasteiger partial charge in [-0.3, -0.25) is 9.69 Å². The number of nitrogens with zero attached hydrogens (tertiary/aromatic N) is 1. The highest BCUT2D eigenvalue weighted by Gasteiger charge is 2.39. The van der Waals surface area contributed by atoms with E-state index in [0.717, 1.165) is 11.3 Å². The lowest BCUT2D eigenvalue weighted by molar-refractivity contribution is -0.137. The number of rotatable bonds is 5. The van der Waals surface area contributed by atoms with Crippen LogP contribution in [0.25, 0.3) is 0 Å². The molecule has 1 aromatic carbocycles. The van der Waals surface area contributed by atoms with Crippen molar-refractivity contribution in [2.75, 3.05) is 12.9 Å². The molecule has 1 heterocycles.